The van der Waals surface area contributed by atoms with E-state index in [1.165, 1.54) is 196 Å². The molecule has 0 aliphatic carbocycles. The molecule has 9 heterocycles. The zero-order chi connectivity index (χ0) is 89.9. The van der Waals surface area contributed by atoms with Gasteiger partial charge in [0.05, 0.1) is 0 Å². The lowest BCUT2D eigenvalue weighted by Crippen LogP contribution is -1.76. The van der Waals surface area contributed by atoms with E-state index in [4.69, 9.17) is 22.1 Å². The van der Waals surface area contributed by atoms with E-state index in [9.17, 15) is 0 Å². The third-order valence-electron chi connectivity index (χ3n) is 24.3. The van der Waals surface area contributed by atoms with Crippen LogP contribution in [0.1, 0.15) is 50.1 Å². The van der Waals surface area contributed by atoms with Crippen LogP contribution < -0.4 is 0 Å². The van der Waals surface area contributed by atoms with Gasteiger partial charge in [-0.15, -0.1) is 45.3 Å². The van der Waals surface area contributed by atoms with Gasteiger partial charge in [-0.3, -0.25) is 0 Å². The molecule has 28 rings (SSSR count). The lowest BCUT2D eigenvalue weighted by Gasteiger charge is -2.00. The Hall–Kier alpha value is -14.9. The number of thiophene rings is 4. The van der Waals surface area contributed by atoms with Gasteiger partial charge in [-0.25, -0.2) is 0 Å². The maximum Gasteiger partial charge on any atom is 0.138 e. The molecule has 640 valence electrons. The molecule has 0 spiro atoms. The van der Waals surface area contributed by atoms with Crippen LogP contribution in [0.5, 0.6) is 0 Å². The van der Waals surface area contributed by atoms with Gasteiger partial charge in [0, 0.05) is 135 Å². The minimum absolute atomic E-state index is 0.951. The van der Waals surface area contributed by atoms with E-state index < -0.39 is 0 Å². The maximum atomic E-state index is 6.00. The SMILES string of the molecule is Cc1ccc2c(c1)oc1cc(-c3ccccc3)ccc12.Cc1ccc2c(c1)oc1ccccc12.Cc1ccc2c(c1)sc1ccccc12.Cc1ccc2oc3ccccc3c2c1.Cc1ccc2sc3ccccc3c2c1.Cc1cccc2c1oc1ccccc12.Cc1cccc2c1sc1ccccc12.Cc1cccc2oc3ccccc3c12.Cc1cccc2sc3ccccc3c12. The van der Waals surface area contributed by atoms with E-state index in [1.807, 2.05) is 142 Å². The number of benzene rings is 19. The highest BCUT2D eigenvalue weighted by Gasteiger charge is 2.15. The molecule has 0 saturated heterocycles. The first-order chi connectivity index (χ1) is 64.6. The van der Waals surface area contributed by atoms with Gasteiger partial charge in [-0.2, -0.15) is 0 Å². The van der Waals surface area contributed by atoms with Crippen molar-refractivity contribution in [3.63, 3.8) is 0 Å². The molecule has 9 heteroatoms. The van der Waals surface area contributed by atoms with Crippen molar-refractivity contribution in [3.8, 4) is 11.1 Å². The van der Waals surface area contributed by atoms with E-state index in [0.29, 0.717) is 0 Å². The molecule has 0 unspecified atom stereocenters. The molecule has 0 saturated carbocycles. The molecule has 0 atom stereocenters. The fourth-order valence-corrected chi connectivity index (χ4v) is 22.4. The molecule has 132 heavy (non-hydrogen) atoms. The summed E-state index contributed by atoms with van der Waals surface area (Å²) in [6.45, 7) is 19.1. The van der Waals surface area contributed by atoms with Crippen LogP contribution in [-0.2, 0) is 0 Å². The lowest BCUT2D eigenvalue weighted by atomic mass is 10.0. The molecule has 0 radical (unpaired) electrons. The zero-order valence-electron chi connectivity index (χ0n) is 74.9. The Morgan fingerprint density at radius 1 is 0.152 bits per heavy atom. The van der Waals surface area contributed by atoms with Crippen LogP contribution >= 0.6 is 45.3 Å². The molecule has 0 amide bonds. The van der Waals surface area contributed by atoms with E-state index in [2.05, 4.69) is 372 Å². The van der Waals surface area contributed by atoms with Gasteiger partial charge in [-0.1, -0.05) is 302 Å². The predicted octanol–water partition coefficient (Wildman–Crippen LogP) is 38.6. The van der Waals surface area contributed by atoms with Crippen molar-refractivity contribution in [1.82, 2.24) is 0 Å². The summed E-state index contributed by atoms with van der Waals surface area (Å²) in [4.78, 5) is 0. The molecule has 28 aromatic rings. The summed E-state index contributed by atoms with van der Waals surface area (Å²) in [5.74, 6) is 0. The fourth-order valence-electron chi connectivity index (χ4n) is 17.7. The number of aryl methyl sites for hydroxylation is 9. The number of hydrogen-bond donors (Lipinski definition) is 0. The highest BCUT2D eigenvalue weighted by Crippen LogP contribution is 2.42. The number of fused-ring (bicyclic) bond motifs is 27. The Balaban J connectivity index is 0.0000000928. The lowest BCUT2D eigenvalue weighted by molar-refractivity contribution is 0.665. The first-order valence-corrected chi connectivity index (χ1v) is 47.9. The first kappa shape index (κ1) is 85.2. The number of para-hydroxylation sites is 5. The Bertz CT molecular complexity index is 8570. The van der Waals surface area contributed by atoms with Crippen LogP contribution in [0.3, 0.4) is 0 Å². The van der Waals surface area contributed by atoms with Gasteiger partial charge >= 0.3 is 0 Å². The van der Waals surface area contributed by atoms with Crippen molar-refractivity contribution in [2.45, 2.75) is 62.3 Å². The van der Waals surface area contributed by atoms with Crippen molar-refractivity contribution < 1.29 is 22.1 Å². The molecule has 0 aliphatic heterocycles. The normalized spacial score (nSPS) is 11.2. The van der Waals surface area contributed by atoms with Crippen LogP contribution in [0, 0.1) is 62.3 Å². The molecular formula is C123H94O5S4. The second-order valence-electron chi connectivity index (χ2n) is 33.8. The number of hydrogen-bond acceptors (Lipinski definition) is 9. The van der Waals surface area contributed by atoms with E-state index in [1.54, 1.807) is 0 Å². The van der Waals surface area contributed by atoms with Gasteiger partial charge in [0.25, 0.3) is 0 Å². The molecule has 0 aliphatic rings. The van der Waals surface area contributed by atoms with Crippen molar-refractivity contribution in [2.75, 3.05) is 0 Å². The molecule has 0 fully saturated rings. The van der Waals surface area contributed by atoms with Crippen LogP contribution in [0.2, 0.25) is 0 Å². The molecule has 0 N–H and O–H groups in total. The van der Waals surface area contributed by atoms with E-state index >= 15 is 0 Å². The summed E-state index contributed by atoms with van der Waals surface area (Å²) < 4.78 is 40.1. The minimum Gasteiger partial charge on any atom is -0.456 e. The third kappa shape index (κ3) is 17.7. The first-order valence-electron chi connectivity index (χ1n) is 44.6. The van der Waals surface area contributed by atoms with Gasteiger partial charge in [0.15, 0.2) is 0 Å². The predicted molar refractivity (Wildman–Crippen MR) is 574 cm³/mol. The molecule has 5 nitrogen and oxygen atoms in total. The van der Waals surface area contributed by atoms with Gasteiger partial charge in [-0.05, 0) is 228 Å². The fraction of sp³-hybridized carbons (Fsp3) is 0.0732. The quantitative estimate of drug-likeness (QED) is 0.164. The summed E-state index contributed by atoms with van der Waals surface area (Å²) in [5, 5.41) is 23.2. The molecule has 19 aromatic carbocycles. The standard InChI is InChI=1S/C19H14O.4C13H10O.4C13H10S/c1-13-7-9-16-17-10-8-15(14-5-3-2-4-6-14)12-19(17)20-18(16)11-13;1-9-5-4-7-11-10-6-2-3-8-12(10)14-13(9)11;1-9-5-4-8-12-13(9)10-6-2-3-7-11(10)14-12;1-9-6-7-13-11(8-9)10-4-2-3-5-12(10)14-13;1-9-6-7-11-10-4-2-3-5-12(10)14-13(11)8-9;1-9-5-4-7-11-10-6-2-3-8-12(10)14-13(9)11;1-9-5-4-8-12-13(9)10-6-2-3-7-11(10)14-12;1-9-6-7-13-11(8-9)10-4-2-3-5-12(10)14-13;1-9-6-7-11-10-4-2-3-5-12(10)14-13(11)8-9/h2-12H,1H3;8*2-8H,1H3. The van der Waals surface area contributed by atoms with E-state index in [-0.39, 0.29) is 0 Å². The molecule has 9 aromatic heterocycles. The average Bonchev–Trinajstić information content (AvgIpc) is 1.63. The maximum absolute atomic E-state index is 6.00. The summed E-state index contributed by atoms with van der Waals surface area (Å²) in [6, 6.07) is 142. The van der Waals surface area contributed by atoms with E-state index in [0.717, 1.165) is 55.8 Å². The second-order valence-corrected chi connectivity index (χ2v) is 38.1. The van der Waals surface area contributed by atoms with Crippen molar-refractivity contribution in [1.29, 1.82) is 0 Å². The number of furan rings is 5. The molecular weight excluding hydrogens is 1690 g/mol. The Kier molecular flexibility index (Phi) is 24.3. The van der Waals surface area contributed by atoms with Gasteiger partial charge in [0.1, 0.15) is 55.8 Å². The van der Waals surface area contributed by atoms with Gasteiger partial charge < -0.3 is 22.1 Å². The monoisotopic (exact) mass is 1780 g/mol. The number of rotatable bonds is 1. The van der Waals surface area contributed by atoms with Gasteiger partial charge in [0.2, 0.25) is 0 Å². The largest absolute Gasteiger partial charge is 0.456 e. The Labute approximate surface area is 781 Å². The van der Waals surface area contributed by atoms with Crippen LogP contribution in [-0.4, -0.2) is 0 Å². The second kappa shape index (κ2) is 37.6. The Morgan fingerprint density at radius 3 is 1.14 bits per heavy atom. The summed E-state index contributed by atoms with van der Waals surface area (Å²) in [7, 11) is 0. The van der Waals surface area contributed by atoms with Crippen molar-refractivity contribution in [3.05, 3.63) is 457 Å². The third-order valence-corrected chi connectivity index (χ3v) is 29.0. The summed E-state index contributed by atoms with van der Waals surface area (Å²) in [6.07, 6.45) is 0. The topological polar surface area (TPSA) is 65.7 Å². The molecule has 0 bridgehead atoms. The summed E-state index contributed by atoms with van der Waals surface area (Å²) >= 11 is 7.51. The summed E-state index contributed by atoms with van der Waals surface area (Å²) in [5.41, 5.74) is 23.7. The zero-order valence-corrected chi connectivity index (χ0v) is 78.1. The van der Waals surface area contributed by atoms with Crippen LogP contribution in [0.15, 0.2) is 429 Å². The van der Waals surface area contributed by atoms with Crippen LogP contribution in [0.4, 0.5) is 0 Å². The highest BCUT2D eigenvalue weighted by atomic mass is 32.1. The average molecular weight is 1780 g/mol. The van der Waals surface area contributed by atoms with Crippen LogP contribution in [0.25, 0.3) is 202 Å². The van der Waals surface area contributed by atoms with Crippen molar-refractivity contribution >= 4 is 236 Å². The van der Waals surface area contributed by atoms with Crippen molar-refractivity contribution in [2.24, 2.45) is 0 Å². The minimum atomic E-state index is 0.951. The Morgan fingerprint density at radius 2 is 0.492 bits per heavy atom. The highest BCUT2D eigenvalue weighted by molar-refractivity contribution is 7.27. The smallest absolute Gasteiger partial charge is 0.138 e.